The molecule has 1 N–H and O–H groups in total. The molecule has 7 nitrogen and oxygen atoms in total. The predicted molar refractivity (Wildman–Crippen MR) is 102 cm³/mol. The number of nitrogens with one attached hydrogen (secondary N) is 1. The van der Waals surface area contributed by atoms with Crippen molar-refractivity contribution in [3.8, 4) is 5.75 Å². The van der Waals surface area contributed by atoms with Gasteiger partial charge in [-0.05, 0) is 48.9 Å². The molecule has 2 aromatic rings. The summed E-state index contributed by atoms with van der Waals surface area (Å²) in [5, 5.41) is 2.75. The second-order valence-electron chi connectivity index (χ2n) is 6.30. The second kappa shape index (κ2) is 7.90. The number of rotatable bonds is 5. The van der Waals surface area contributed by atoms with Gasteiger partial charge >= 0.3 is 11.8 Å². The maximum atomic E-state index is 12.4. The van der Waals surface area contributed by atoms with Crippen molar-refractivity contribution in [3.63, 3.8) is 0 Å². The predicted octanol–water partition coefficient (Wildman–Crippen LogP) is 1.82. The maximum Gasteiger partial charge on any atom is 0.316 e. The summed E-state index contributed by atoms with van der Waals surface area (Å²) in [7, 11) is 1.56. The summed E-state index contributed by atoms with van der Waals surface area (Å²) in [6.07, 6.45) is 0. The number of ether oxygens (including phenoxy) is 1. The monoisotopic (exact) mass is 367 g/mol. The first-order valence-corrected chi connectivity index (χ1v) is 8.59. The van der Waals surface area contributed by atoms with E-state index in [-0.39, 0.29) is 19.0 Å². The van der Waals surface area contributed by atoms with Gasteiger partial charge in [-0.1, -0.05) is 12.1 Å². The highest BCUT2D eigenvalue weighted by molar-refractivity contribution is 6.41. The molecule has 1 aliphatic heterocycles. The van der Waals surface area contributed by atoms with E-state index in [0.29, 0.717) is 23.7 Å². The zero-order valence-electron chi connectivity index (χ0n) is 15.3. The standard InChI is InChI=1S/C20H21N3O4/c1-14-4-3-5-15(12-14)21-18(24)13-22-10-11-23(20(26)19(22)25)16-6-8-17(27-2)9-7-16/h3-9,12H,10-11,13H2,1-2H3,(H,21,24). The van der Waals surface area contributed by atoms with Gasteiger partial charge < -0.3 is 19.9 Å². The van der Waals surface area contributed by atoms with Gasteiger partial charge in [-0.25, -0.2) is 0 Å². The topological polar surface area (TPSA) is 79.0 Å². The van der Waals surface area contributed by atoms with Crippen molar-refractivity contribution in [2.45, 2.75) is 6.92 Å². The number of nitrogens with zero attached hydrogens (tertiary/aromatic N) is 2. The Kier molecular flexibility index (Phi) is 5.40. The van der Waals surface area contributed by atoms with Crippen LogP contribution in [0.2, 0.25) is 0 Å². The van der Waals surface area contributed by atoms with Crippen molar-refractivity contribution < 1.29 is 19.1 Å². The third-order valence-electron chi connectivity index (χ3n) is 4.33. The summed E-state index contributed by atoms with van der Waals surface area (Å²) in [5.74, 6) is -0.991. The number of piperazine rings is 1. The number of amides is 3. The lowest BCUT2D eigenvalue weighted by Crippen LogP contribution is -2.56. The molecule has 3 amide bonds. The van der Waals surface area contributed by atoms with Gasteiger partial charge in [0.25, 0.3) is 0 Å². The molecule has 0 radical (unpaired) electrons. The Morgan fingerprint density at radius 2 is 1.81 bits per heavy atom. The molecule has 3 rings (SSSR count). The van der Waals surface area contributed by atoms with Crippen LogP contribution >= 0.6 is 0 Å². The van der Waals surface area contributed by atoms with Crippen LogP contribution in [0.4, 0.5) is 11.4 Å². The summed E-state index contributed by atoms with van der Waals surface area (Å²) in [5.41, 5.74) is 2.31. The van der Waals surface area contributed by atoms with E-state index in [0.717, 1.165) is 5.56 Å². The quantitative estimate of drug-likeness (QED) is 0.818. The smallest absolute Gasteiger partial charge is 0.316 e. The number of carbonyl (C=O) groups is 3. The fraction of sp³-hybridized carbons (Fsp3) is 0.250. The molecule has 1 heterocycles. The molecule has 1 aliphatic rings. The lowest BCUT2D eigenvalue weighted by atomic mass is 10.2. The average Bonchev–Trinajstić information content (AvgIpc) is 2.66. The molecule has 0 saturated carbocycles. The molecule has 140 valence electrons. The fourth-order valence-electron chi connectivity index (χ4n) is 2.93. The summed E-state index contributed by atoms with van der Waals surface area (Å²) in [6, 6.07) is 14.3. The largest absolute Gasteiger partial charge is 0.497 e. The molecule has 7 heteroatoms. The first-order chi connectivity index (χ1) is 13.0. The van der Waals surface area contributed by atoms with Crippen LogP contribution in [-0.4, -0.2) is 49.4 Å². The minimum absolute atomic E-state index is 0.158. The van der Waals surface area contributed by atoms with Gasteiger partial charge in [0.2, 0.25) is 5.91 Å². The molecule has 0 bridgehead atoms. The summed E-state index contributed by atoms with van der Waals surface area (Å²) >= 11 is 0. The molecule has 1 fully saturated rings. The zero-order chi connectivity index (χ0) is 19.4. The van der Waals surface area contributed by atoms with E-state index in [1.807, 2.05) is 25.1 Å². The van der Waals surface area contributed by atoms with Gasteiger partial charge in [-0.3, -0.25) is 14.4 Å². The van der Waals surface area contributed by atoms with Crippen LogP contribution in [0.15, 0.2) is 48.5 Å². The van der Waals surface area contributed by atoms with E-state index in [9.17, 15) is 14.4 Å². The fourth-order valence-corrected chi connectivity index (χ4v) is 2.93. The Morgan fingerprint density at radius 1 is 1.07 bits per heavy atom. The molecule has 1 saturated heterocycles. The molecule has 27 heavy (non-hydrogen) atoms. The third-order valence-corrected chi connectivity index (χ3v) is 4.33. The van der Waals surface area contributed by atoms with Crippen molar-refractivity contribution in [1.29, 1.82) is 0 Å². The molecule has 0 unspecified atom stereocenters. The SMILES string of the molecule is COc1ccc(N2CCN(CC(=O)Nc3cccc(C)c3)C(=O)C2=O)cc1. The number of aryl methyl sites for hydroxylation is 1. The van der Waals surface area contributed by atoms with Gasteiger partial charge in [-0.2, -0.15) is 0 Å². The van der Waals surface area contributed by atoms with E-state index in [1.165, 1.54) is 9.80 Å². The summed E-state index contributed by atoms with van der Waals surface area (Å²) in [6.45, 7) is 2.39. The lowest BCUT2D eigenvalue weighted by Gasteiger charge is -2.33. The van der Waals surface area contributed by atoms with E-state index in [1.54, 1.807) is 37.4 Å². The van der Waals surface area contributed by atoms with Crippen LogP contribution in [-0.2, 0) is 14.4 Å². The average molecular weight is 367 g/mol. The highest BCUT2D eigenvalue weighted by Crippen LogP contribution is 2.21. The molecule has 0 aliphatic carbocycles. The van der Waals surface area contributed by atoms with Gasteiger partial charge in [-0.15, -0.1) is 0 Å². The number of benzene rings is 2. The highest BCUT2D eigenvalue weighted by atomic mass is 16.5. The summed E-state index contributed by atoms with van der Waals surface area (Å²) in [4.78, 5) is 39.8. The van der Waals surface area contributed by atoms with Crippen molar-refractivity contribution >= 4 is 29.1 Å². The first-order valence-electron chi connectivity index (χ1n) is 8.59. The first kappa shape index (κ1) is 18.4. The molecule has 2 aromatic carbocycles. The molecular weight excluding hydrogens is 346 g/mol. The Bertz CT molecular complexity index is 864. The Labute approximate surface area is 157 Å². The number of anilines is 2. The lowest BCUT2D eigenvalue weighted by molar-refractivity contribution is -0.147. The van der Waals surface area contributed by atoms with Crippen LogP contribution in [0.1, 0.15) is 5.56 Å². The minimum Gasteiger partial charge on any atom is -0.497 e. The van der Waals surface area contributed by atoms with Crippen molar-refractivity contribution in [2.75, 3.05) is 37.0 Å². The van der Waals surface area contributed by atoms with Crippen molar-refractivity contribution in [3.05, 3.63) is 54.1 Å². The minimum atomic E-state index is -0.684. The molecule has 0 atom stereocenters. The van der Waals surface area contributed by atoms with E-state index < -0.39 is 11.8 Å². The Hall–Kier alpha value is -3.35. The van der Waals surface area contributed by atoms with Crippen LogP contribution < -0.4 is 15.0 Å². The van der Waals surface area contributed by atoms with Crippen molar-refractivity contribution in [1.82, 2.24) is 4.90 Å². The van der Waals surface area contributed by atoms with Crippen LogP contribution in [0.5, 0.6) is 5.75 Å². The summed E-state index contributed by atoms with van der Waals surface area (Å²) < 4.78 is 5.10. The van der Waals surface area contributed by atoms with Crippen LogP contribution in [0.3, 0.4) is 0 Å². The second-order valence-corrected chi connectivity index (χ2v) is 6.30. The molecule has 0 aromatic heterocycles. The van der Waals surface area contributed by atoms with Gasteiger partial charge in [0.15, 0.2) is 0 Å². The van der Waals surface area contributed by atoms with Crippen LogP contribution in [0.25, 0.3) is 0 Å². The third kappa shape index (κ3) is 4.25. The van der Waals surface area contributed by atoms with Crippen LogP contribution in [0, 0.1) is 6.92 Å². The van der Waals surface area contributed by atoms with E-state index in [4.69, 9.17) is 4.74 Å². The Balaban J connectivity index is 1.62. The number of hydrogen-bond donors (Lipinski definition) is 1. The van der Waals surface area contributed by atoms with Gasteiger partial charge in [0, 0.05) is 24.5 Å². The van der Waals surface area contributed by atoms with E-state index >= 15 is 0 Å². The van der Waals surface area contributed by atoms with Crippen molar-refractivity contribution in [2.24, 2.45) is 0 Å². The normalized spacial score (nSPS) is 14.3. The number of methoxy groups -OCH3 is 1. The van der Waals surface area contributed by atoms with Gasteiger partial charge in [0.1, 0.15) is 12.3 Å². The van der Waals surface area contributed by atoms with E-state index in [2.05, 4.69) is 5.32 Å². The molecular formula is C20H21N3O4. The maximum absolute atomic E-state index is 12.4. The number of hydrogen-bond acceptors (Lipinski definition) is 4. The number of carbonyl (C=O) groups excluding carboxylic acids is 3. The zero-order valence-corrected chi connectivity index (χ0v) is 15.3. The highest BCUT2D eigenvalue weighted by Gasteiger charge is 2.34. The van der Waals surface area contributed by atoms with Gasteiger partial charge in [0.05, 0.1) is 7.11 Å². The Morgan fingerprint density at radius 3 is 2.48 bits per heavy atom. The molecule has 0 spiro atoms.